The van der Waals surface area contributed by atoms with Crippen LogP contribution in [-0.4, -0.2) is 35.5 Å². The van der Waals surface area contributed by atoms with E-state index in [-0.39, 0.29) is 24.0 Å². The summed E-state index contributed by atoms with van der Waals surface area (Å²) in [6.07, 6.45) is 2.80. The van der Waals surface area contributed by atoms with E-state index >= 15 is 0 Å². The number of esters is 1. The number of carbonyl (C=O) groups is 1. The molecule has 38 heavy (non-hydrogen) atoms. The van der Waals surface area contributed by atoms with Crippen LogP contribution >= 0.6 is 31.9 Å². The number of benzene rings is 2. The summed E-state index contributed by atoms with van der Waals surface area (Å²) in [6.45, 7) is 2.13. The Morgan fingerprint density at radius 1 is 1.16 bits per heavy atom. The van der Waals surface area contributed by atoms with Crippen molar-refractivity contribution in [2.75, 3.05) is 11.3 Å². The average molecular weight is 664 g/mol. The van der Waals surface area contributed by atoms with E-state index in [1.54, 1.807) is 48.0 Å². The molecule has 0 unspecified atom stereocenters. The maximum absolute atomic E-state index is 13.9. The van der Waals surface area contributed by atoms with Gasteiger partial charge in [0.2, 0.25) is 5.95 Å². The van der Waals surface area contributed by atoms with E-state index in [1.807, 2.05) is 0 Å². The quantitative estimate of drug-likeness (QED) is 0.253. The van der Waals surface area contributed by atoms with Gasteiger partial charge in [0, 0.05) is 12.7 Å². The number of hydrogen-bond donors (Lipinski definition) is 1. The molecule has 1 N–H and O–H groups in total. The van der Waals surface area contributed by atoms with E-state index in [4.69, 9.17) is 4.74 Å². The van der Waals surface area contributed by atoms with Crippen molar-refractivity contribution >= 4 is 53.8 Å². The first-order valence-electron chi connectivity index (χ1n) is 11.7. The van der Waals surface area contributed by atoms with Crippen molar-refractivity contribution in [2.24, 2.45) is 0 Å². The van der Waals surface area contributed by atoms with Gasteiger partial charge in [0.1, 0.15) is 11.5 Å². The molecule has 2 heterocycles. The van der Waals surface area contributed by atoms with Gasteiger partial charge in [-0.3, -0.25) is 0 Å². The summed E-state index contributed by atoms with van der Waals surface area (Å²) in [7, 11) is -3.91. The van der Waals surface area contributed by atoms with Gasteiger partial charge in [-0.05, 0) is 92.6 Å². The third-order valence-corrected chi connectivity index (χ3v) is 8.91. The molecule has 2 aromatic heterocycles. The SMILES string of the molecule is CCOC(=O)c1c(Br)c2c(n1Cc1ccc(F)c(Br)c1)-c1nc(NS(=O)(=O)c3ccccc3)ncc1CC2. The first kappa shape index (κ1) is 26.5. The van der Waals surface area contributed by atoms with Crippen LogP contribution in [0.4, 0.5) is 10.3 Å². The van der Waals surface area contributed by atoms with Crippen molar-refractivity contribution in [1.29, 1.82) is 0 Å². The lowest BCUT2D eigenvalue weighted by molar-refractivity contribution is 0.0513. The number of aryl methyl sites for hydroxylation is 1. The Morgan fingerprint density at radius 3 is 2.63 bits per heavy atom. The number of nitrogens with zero attached hydrogens (tertiary/aromatic N) is 3. The van der Waals surface area contributed by atoms with Crippen molar-refractivity contribution < 1.29 is 22.3 Å². The Morgan fingerprint density at radius 2 is 1.92 bits per heavy atom. The predicted molar refractivity (Wildman–Crippen MR) is 147 cm³/mol. The second kappa shape index (κ2) is 10.6. The molecule has 12 heteroatoms. The lowest BCUT2D eigenvalue weighted by atomic mass is 9.95. The van der Waals surface area contributed by atoms with Gasteiger partial charge in [-0.1, -0.05) is 24.3 Å². The summed E-state index contributed by atoms with van der Waals surface area (Å²) in [5.74, 6) is -1.01. The summed E-state index contributed by atoms with van der Waals surface area (Å²) in [6, 6.07) is 12.6. The Hall–Kier alpha value is -3.09. The molecule has 0 aliphatic heterocycles. The van der Waals surface area contributed by atoms with E-state index in [1.165, 1.54) is 18.2 Å². The first-order chi connectivity index (χ1) is 18.2. The highest BCUT2D eigenvalue weighted by molar-refractivity contribution is 9.10. The molecule has 4 aromatic rings. The highest BCUT2D eigenvalue weighted by atomic mass is 79.9. The van der Waals surface area contributed by atoms with Crippen LogP contribution in [0.5, 0.6) is 0 Å². The number of nitrogens with one attached hydrogen (secondary N) is 1. The molecule has 1 aliphatic carbocycles. The molecule has 0 fully saturated rings. The summed E-state index contributed by atoms with van der Waals surface area (Å²) in [5.41, 5.74) is 3.84. The van der Waals surface area contributed by atoms with Crippen LogP contribution in [0.1, 0.15) is 34.1 Å². The Balaban J connectivity index is 1.64. The fourth-order valence-corrected chi connectivity index (χ4v) is 6.56. The zero-order valence-electron chi connectivity index (χ0n) is 20.0. The molecular weight excluding hydrogens is 643 g/mol. The van der Waals surface area contributed by atoms with E-state index in [9.17, 15) is 17.6 Å². The third kappa shape index (κ3) is 4.99. The molecular formula is C26H21Br2FN4O4S. The molecule has 0 bridgehead atoms. The van der Waals surface area contributed by atoms with Gasteiger partial charge in [0.05, 0.1) is 31.8 Å². The maximum Gasteiger partial charge on any atom is 0.356 e. The minimum Gasteiger partial charge on any atom is -0.461 e. The van der Waals surface area contributed by atoms with Crippen LogP contribution < -0.4 is 4.72 Å². The predicted octanol–water partition coefficient (Wildman–Crippen LogP) is 5.73. The van der Waals surface area contributed by atoms with Crippen molar-refractivity contribution in [1.82, 2.24) is 14.5 Å². The number of carbonyl (C=O) groups excluding carboxylic acids is 1. The zero-order valence-corrected chi connectivity index (χ0v) is 24.0. The second-order valence-electron chi connectivity index (χ2n) is 8.53. The number of fused-ring (bicyclic) bond motifs is 3. The van der Waals surface area contributed by atoms with Gasteiger partial charge < -0.3 is 9.30 Å². The molecule has 8 nitrogen and oxygen atoms in total. The summed E-state index contributed by atoms with van der Waals surface area (Å²) in [5, 5.41) is 0. The molecule has 0 atom stereocenters. The first-order valence-corrected chi connectivity index (χ1v) is 14.7. The number of rotatable bonds is 7. The van der Waals surface area contributed by atoms with Crippen LogP contribution in [0.25, 0.3) is 11.4 Å². The van der Waals surface area contributed by atoms with Gasteiger partial charge in [-0.15, -0.1) is 0 Å². The minimum atomic E-state index is -3.91. The van der Waals surface area contributed by atoms with E-state index in [2.05, 4.69) is 46.5 Å². The van der Waals surface area contributed by atoms with E-state index in [0.29, 0.717) is 38.9 Å². The fraction of sp³-hybridized carbons (Fsp3) is 0.192. The molecule has 0 amide bonds. The van der Waals surface area contributed by atoms with Gasteiger partial charge >= 0.3 is 5.97 Å². The van der Waals surface area contributed by atoms with Gasteiger partial charge in [0.25, 0.3) is 10.0 Å². The van der Waals surface area contributed by atoms with E-state index < -0.39 is 21.8 Å². The second-order valence-corrected chi connectivity index (χ2v) is 11.9. The molecule has 196 valence electrons. The summed E-state index contributed by atoms with van der Waals surface area (Å²) in [4.78, 5) is 22.0. The normalized spacial score (nSPS) is 12.5. The van der Waals surface area contributed by atoms with Crippen molar-refractivity contribution in [2.45, 2.75) is 31.2 Å². The zero-order chi connectivity index (χ0) is 27.0. The lowest BCUT2D eigenvalue weighted by Crippen LogP contribution is -2.18. The van der Waals surface area contributed by atoms with Crippen molar-refractivity contribution in [3.63, 3.8) is 0 Å². The number of hydrogen-bond acceptors (Lipinski definition) is 6. The standard InChI is InChI=1S/C26H21Br2FN4O4S/c1-2-37-25(34)24-21(28)18-10-9-16-13-30-26(32-38(35,36)17-6-4-3-5-7-17)31-22(16)23(18)33(24)14-15-8-11-20(29)19(27)12-15/h3-8,11-13H,2,9-10,14H2,1H3,(H,30,31,32). The molecule has 2 aromatic carbocycles. The highest BCUT2D eigenvalue weighted by Crippen LogP contribution is 2.41. The fourth-order valence-electron chi connectivity index (χ4n) is 4.40. The van der Waals surface area contributed by atoms with Gasteiger partial charge in [-0.25, -0.2) is 32.3 Å². The van der Waals surface area contributed by atoms with Crippen LogP contribution in [0.3, 0.4) is 0 Å². The smallest absolute Gasteiger partial charge is 0.356 e. The number of aromatic nitrogens is 3. The van der Waals surface area contributed by atoms with Crippen LogP contribution in [0.15, 0.2) is 68.6 Å². The summed E-state index contributed by atoms with van der Waals surface area (Å²) < 4.78 is 50.2. The molecule has 0 spiro atoms. The van der Waals surface area contributed by atoms with Gasteiger partial charge in [-0.2, -0.15) is 0 Å². The van der Waals surface area contributed by atoms with Crippen molar-refractivity contribution in [3.8, 4) is 11.4 Å². The topological polar surface area (TPSA) is 103 Å². The lowest BCUT2D eigenvalue weighted by Gasteiger charge is -2.20. The number of anilines is 1. The highest BCUT2D eigenvalue weighted by Gasteiger charge is 2.32. The number of sulfonamides is 1. The third-order valence-electron chi connectivity index (χ3n) is 6.10. The number of ether oxygens (including phenoxy) is 1. The molecule has 1 aliphatic rings. The van der Waals surface area contributed by atoms with Crippen LogP contribution in [-0.2, 0) is 34.1 Å². The summed E-state index contributed by atoms with van der Waals surface area (Å²) >= 11 is 6.83. The van der Waals surface area contributed by atoms with Gasteiger partial charge in [0.15, 0.2) is 0 Å². The molecule has 5 rings (SSSR count). The van der Waals surface area contributed by atoms with Crippen LogP contribution in [0.2, 0.25) is 0 Å². The molecule has 0 saturated heterocycles. The van der Waals surface area contributed by atoms with E-state index in [0.717, 1.165) is 16.7 Å². The van der Waals surface area contributed by atoms with Crippen molar-refractivity contribution in [3.05, 3.63) is 91.9 Å². The molecule has 0 saturated carbocycles. The number of halogens is 3. The Kier molecular flexibility index (Phi) is 7.38. The monoisotopic (exact) mass is 662 g/mol. The maximum atomic E-state index is 13.9. The molecule has 0 radical (unpaired) electrons. The Bertz CT molecular complexity index is 1660. The Labute approximate surface area is 235 Å². The van der Waals surface area contributed by atoms with Crippen LogP contribution in [0, 0.1) is 5.82 Å². The minimum absolute atomic E-state index is 0.0830. The average Bonchev–Trinajstić information content (AvgIpc) is 3.18. The largest absolute Gasteiger partial charge is 0.461 e.